The van der Waals surface area contributed by atoms with Gasteiger partial charge in [-0.05, 0) is 92.1 Å². The Hall–Kier alpha value is -3.35. The third-order valence-electron chi connectivity index (χ3n) is 6.36. The van der Waals surface area contributed by atoms with Gasteiger partial charge in [-0.1, -0.05) is 6.42 Å². The lowest BCUT2D eigenvalue weighted by Crippen LogP contribution is -2.40. The predicted octanol–water partition coefficient (Wildman–Crippen LogP) is 6.42. The molecule has 1 aliphatic heterocycles. The van der Waals surface area contributed by atoms with Gasteiger partial charge in [-0.25, -0.2) is 0 Å². The van der Waals surface area contributed by atoms with Crippen LogP contribution in [0.5, 0.6) is 17.2 Å². The molecule has 0 amide bonds. The van der Waals surface area contributed by atoms with E-state index in [4.69, 9.17) is 4.74 Å². The molecule has 5 nitrogen and oxygen atoms in total. The molecule has 1 fully saturated rings. The fourth-order valence-corrected chi connectivity index (χ4v) is 5.75. The van der Waals surface area contributed by atoms with Crippen molar-refractivity contribution in [1.82, 2.24) is 4.90 Å². The molecule has 2 N–H and O–H groups in total. The van der Waals surface area contributed by atoms with Gasteiger partial charge >= 0.3 is 0 Å². The summed E-state index contributed by atoms with van der Waals surface area (Å²) in [6.07, 6.45) is 3.69. The van der Waals surface area contributed by atoms with Crippen LogP contribution < -0.4 is 4.74 Å². The van der Waals surface area contributed by atoms with Crippen LogP contribution in [-0.4, -0.2) is 40.2 Å². The number of nitrogens with zero attached hydrogens (tertiary/aromatic N) is 1. The topological polar surface area (TPSA) is 70.0 Å². The molecule has 1 aromatic heterocycles. The average Bonchev–Trinajstić information content (AvgIpc) is 3.23. The SMILES string of the molecule is CC(Oc1ccc(C(=O)c2c(-c3ccc(O)cc3)sc3cc(O)ccc23)cc1)N1CCCCC1. The molecule has 1 aliphatic rings. The van der Waals surface area contributed by atoms with Gasteiger partial charge in [0.1, 0.15) is 23.5 Å². The Morgan fingerprint density at radius 1 is 0.912 bits per heavy atom. The highest BCUT2D eigenvalue weighted by molar-refractivity contribution is 7.22. The van der Waals surface area contributed by atoms with Crippen molar-refractivity contribution in [3.05, 3.63) is 77.9 Å². The Kier molecular flexibility index (Phi) is 6.26. The van der Waals surface area contributed by atoms with Crippen molar-refractivity contribution >= 4 is 27.2 Å². The van der Waals surface area contributed by atoms with E-state index in [1.165, 1.54) is 30.6 Å². The first-order chi connectivity index (χ1) is 16.5. The number of rotatable bonds is 6. The minimum atomic E-state index is -0.0874. The number of aromatic hydroxyl groups is 2. The Bertz CT molecular complexity index is 1310. The number of carbonyl (C=O) groups is 1. The van der Waals surface area contributed by atoms with Gasteiger partial charge in [0.2, 0.25) is 0 Å². The summed E-state index contributed by atoms with van der Waals surface area (Å²) in [5.74, 6) is 0.989. The number of phenols is 2. The van der Waals surface area contributed by atoms with Crippen LogP contribution >= 0.6 is 11.3 Å². The number of hydrogen-bond donors (Lipinski definition) is 2. The van der Waals surface area contributed by atoms with Crippen LogP contribution in [0.4, 0.5) is 0 Å². The van der Waals surface area contributed by atoms with Gasteiger partial charge in [0.25, 0.3) is 0 Å². The van der Waals surface area contributed by atoms with Crippen molar-refractivity contribution in [1.29, 1.82) is 0 Å². The fourth-order valence-electron chi connectivity index (χ4n) is 4.51. The molecule has 0 aliphatic carbocycles. The zero-order valence-corrected chi connectivity index (χ0v) is 19.8. The lowest BCUT2D eigenvalue weighted by atomic mass is 9.97. The van der Waals surface area contributed by atoms with Crippen molar-refractivity contribution in [3.8, 4) is 27.7 Å². The second kappa shape index (κ2) is 9.49. The number of thiophene rings is 1. The van der Waals surface area contributed by atoms with E-state index < -0.39 is 0 Å². The third-order valence-corrected chi connectivity index (χ3v) is 7.56. The van der Waals surface area contributed by atoms with Gasteiger partial charge in [0.05, 0.1) is 0 Å². The van der Waals surface area contributed by atoms with E-state index in [2.05, 4.69) is 11.8 Å². The molecule has 0 radical (unpaired) electrons. The van der Waals surface area contributed by atoms with Gasteiger partial charge in [-0.3, -0.25) is 9.69 Å². The summed E-state index contributed by atoms with van der Waals surface area (Å²) in [6, 6.07) is 19.2. The summed E-state index contributed by atoms with van der Waals surface area (Å²) in [5.41, 5.74) is 2.02. The van der Waals surface area contributed by atoms with Crippen molar-refractivity contribution < 1.29 is 19.7 Å². The lowest BCUT2D eigenvalue weighted by molar-refractivity contribution is 0.0262. The van der Waals surface area contributed by atoms with E-state index in [1.807, 2.05) is 24.3 Å². The monoisotopic (exact) mass is 473 g/mol. The zero-order chi connectivity index (χ0) is 23.7. The Morgan fingerprint density at radius 3 is 2.29 bits per heavy atom. The van der Waals surface area contributed by atoms with Crippen LogP contribution in [0, 0.1) is 0 Å². The number of ketones is 1. The molecule has 3 aromatic carbocycles. The smallest absolute Gasteiger partial charge is 0.195 e. The van der Waals surface area contributed by atoms with E-state index in [1.54, 1.807) is 42.5 Å². The van der Waals surface area contributed by atoms with E-state index in [9.17, 15) is 15.0 Å². The molecule has 0 spiro atoms. The first kappa shape index (κ1) is 22.4. The number of piperidine rings is 1. The van der Waals surface area contributed by atoms with Gasteiger partial charge in [-0.2, -0.15) is 0 Å². The van der Waals surface area contributed by atoms with Gasteiger partial charge in [-0.15, -0.1) is 11.3 Å². The normalized spacial score (nSPS) is 15.3. The number of hydrogen-bond acceptors (Lipinski definition) is 6. The predicted molar refractivity (Wildman–Crippen MR) is 136 cm³/mol. The van der Waals surface area contributed by atoms with Crippen LogP contribution in [0.25, 0.3) is 20.5 Å². The zero-order valence-electron chi connectivity index (χ0n) is 19.0. The Morgan fingerprint density at radius 2 is 1.59 bits per heavy atom. The maximum atomic E-state index is 13.7. The van der Waals surface area contributed by atoms with Crippen LogP contribution in [0.2, 0.25) is 0 Å². The van der Waals surface area contributed by atoms with Gasteiger partial charge < -0.3 is 14.9 Å². The third kappa shape index (κ3) is 4.52. The quantitative estimate of drug-likeness (QED) is 0.316. The van der Waals surface area contributed by atoms with Crippen molar-refractivity contribution in [2.45, 2.75) is 32.4 Å². The number of fused-ring (bicyclic) bond motifs is 1. The standard InChI is InChI=1S/C28H27NO4S/c1-18(29-15-3-2-4-16-29)33-23-12-7-19(8-13-23)27(32)26-24-14-11-22(31)17-25(24)34-28(26)20-5-9-21(30)10-6-20/h5-14,17-18,30-31H,2-4,15-16H2,1H3. The summed E-state index contributed by atoms with van der Waals surface area (Å²) < 4.78 is 6.97. The number of phenolic OH excluding ortho intramolecular Hbond substituents is 2. The maximum absolute atomic E-state index is 13.7. The van der Waals surface area contributed by atoms with Crippen LogP contribution in [-0.2, 0) is 0 Å². The second-order valence-corrected chi connectivity index (χ2v) is 9.75. The lowest BCUT2D eigenvalue weighted by Gasteiger charge is -2.32. The minimum absolute atomic E-state index is 0.00329. The summed E-state index contributed by atoms with van der Waals surface area (Å²) in [4.78, 5) is 16.9. The van der Waals surface area contributed by atoms with E-state index >= 15 is 0 Å². The van der Waals surface area contributed by atoms with Gasteiger partial charge in [0, 0.05) is 39.2 Å². The first-order valence-electron chi connectivity index (χ1n) is 11.6. The maximum Gasteiger partial charge on any atom is 0.195 e. The summed E-state index contributed by atoms with van der Waals surface area (Å²) in [7, 11) is 0. The van der Waals surface area contributed by atoms with E-state index in [-0.39, 0.29) is 23.5 Å². The molecule has 2 heterocycles. The summed E-state index contributed by atoms with van der Waals surface area (Å²) >= 11 is 1.45. The molecule has 0 bridgehead atoms. The largest absolute Gasteiger partial charge is 0.508 e. The van der Waals surface area contributed by atoms with E-state index in [0.29, 0.717) is 11.1 Å². The van der Waals surface area contributed by atoms with Crippen LogP contribution in [0.3, 0.4) is 0 Å². The highest BCUT2D eigenvalue weighted by Gasteiger charge is 2.22. The van der Waals surface area contributed by atoms with Crippen LogP contribution in [0.1, 0.15) is 42.1 Å². The first-order valence-corrected chi connectivity index (χ1v) is 12.4. The second-order valence-electron chi connectivity index (χ2n) is 8.70. The number of benzene rings is 3. The Labute approximate surface area is 202 Å². The molecule has 174 valence electrons. The molecule has 0 saturated carbocycles. The molecule has 1 atom stereocenters. The summed E-state index contributed by atoms with van der Waals surface area (Å²) in [6.45, 7) is 4.18. The molecule has 6 heteroatoms. The highest BCUT2D eigenvalue weighted by atomic mass is 32.1. The van der Waals surface area contributed by atoms with Crippen molar-refractivity contribution in [2.75, 3.05) is 13.1 Å². The number of likely N-dealkylation sites (tertiary alicyclic amines) is 1. The molecule has 34 heavy (non-hydrogen) atoms. The highest BCUT2D eigenvalue weighted by Crippen LogP contribution is 2.41. The van der Waals surface area contributed by atoms with Crippen molar-refractivity contribution in [2.24, 2.45) is 0 Å². The fraction of sp³-hybridized carbons (Fsp3) is 0.250. The molecule has 1 unspecified atom stereocenters. The minimum Gasteiger partial charge on any atom is -0.508 e. The molecular formula is C28H27NO4S. The van der Waals surface area contributed by atoms with Crippen LogP contribution in [0.15, 0.2) is 66.7 Å². The van der Waals surface area contributed by atoms with Gasteiger partial charge in [0.15, 0.2) is 5.78 Å². The summed E-state index contributed by atoms with van der Waals surface area (Å²) in [5, 5.41) is 20.5. The van der Waals surface area contributed by atoms with E-state index in [0.717, 1.165) is 39.4 Å². The Balaban J connectivity index is 1.45. The average molecular weight is 474 g/mol. The molecule has 5 rings (SSSR count). The van der Waals surface area contributed by atoms with Crippen molar-refractivity contribution in [3.63, 3.8) is 0 Å². The molecule has 1 saturated heterocycles. The number of ether oxygens (including phenoxy) is 1. The number of carbonyl (C=O) groups excluding carboxylic acids is 1. The molecular weight excluding hydrogens is 446 g/mol. The molecule has 4 aromatic rings.